The highest BCUT2D eigenvalue weighted by atomic mass is 16.5. The molecule has 6 heteroatoms. The van der Waals surface area contributed by atoms with Crippen molar-refractivity contribution in [1.82, 2.24) is 14.8 Å². The molecule has 0 unspecified atom stereocenters. The minimum atomic E-state index is -1.05. The average Bonchev–Trinajstić information content (AvgIpc) is 2.88. The van der Waals surface area contributed by atoms with Gasteiger partial charge in [-0.1, -0.05) is 6.07 Å². The Bertz CT molecular complexity index is 839. The van der Waals surface area contributed by atoms with Crippen molar-refractivity contribution >= 4 is 16.9 Å². The van der Waals surface area contributed by atoms with Gasteiger partial charge in [-0.3, -0.25) is 9.67 Å². The van der Waals surface area contributed by atoms with Crippen molar-refractivity contribution in [2.24, 2.45) is 7.05 Å². The fraction of sp³-hybridized carbons (Fsp3) is 0.133. The molecule has 21 heavy (non-hydrogen) atoms. The summed E-state index contributed by atoms with van der Waals surface area (Å²) in [6.45, 7) is 0. The Morgan fingerprint density at radius 2 is 2.14 bits per heavy atom. The van der Waals surface area contributed by atoms with Crippen molar-refractivity contribution in [3.8, 4) is 17.0 Å². The van der Waals surface area contributed by atoms with Crippen LogP contribution in [0.25, 0.3) is 22.2 Å². The standard InChI is InChI=1S/C15H13N3O3/c1-18-12(8-11(17-18)15(19)20)9-5-6-13(21-2)14-10(9)4-3-7-16-14/h3-8H,1-2H3,(H,19,20). The first-order valence-electron chi connectivity index (χ1n) is 6.31. The number of rotatable bonds is 3. The molecule has 0 bridgehead atoms. The van der Waals surface area contributed by atoms with Gasteiger partial charge in [0.25, 0.3) is 0 Å². The SMILES string of the molecule is COc1ccc(-c2cc(C(=O)O)nn2C)c2cccnc12. The Kier molecular flexibility index (Phi) is 3.06. The van der Waals surface area contributed by atoms with Gasteiger partial charge in [0.05, 0.1) is 12.8 Å². The van der Waals surface area contributed by atoms with Crippen LogP contribution >= 0.6 is 0 Å². The van der Waals surface area contributed by atoms with Gasteiger partial charge in [0.1, 0.15) is 11.3 Å². The van der Waals surface area contributed by atoms with Gasteiger partial charge in [-0.25, -0.2) is 4.79 Å². The fourth-order valence-electron chi connectivity index (χ4n) is 2.36. The first-order valence-corrected chi connectivity index (χ1v) is 6.31. The number of carboxylic acid groups (broad SMARTS) is 1. The number of aromatic carboxylic acids is 1. The molecule has 2 heterocycles. The number of aromatic nitrogens is 3. The lowest BCUT2D eigenvalue weighted by molar-refractivity contribution is 0.0689. The maximum atomic E-state index is 11.1. The van der Waals surface area contributed by atoms with E-state index in [2.05, 4.69) is 10.1 Å². The summed E-state index contributed by atoms with van der Waals surface area (Å²) in [6.07, 6.45) is 1.69. The number of methoxy groups -OCH3 is 1. The quantitative estimate of drug-likeness (QED) is 0.798. The second-order valence-corrected chi connectivity index (χ2v) is 4.56. The fourth-order valence-corrected chi connectivity index (χ4v) is 2.36. The van der Waals surface area contributed by atoms with Crippen LogP contribution in [0, 0.1) is 0 Å². The summed E-state index contributed by atoms with van der Waals surface area (Å²) in [5, 5.41) is 13.9. The van der Waals surface area contributed by atoms with Crippen molar-refractivity contribution in [3.63, 3.8) is 0 Å². The van der Waals surface area contributed by atoms with E-state index < -0.39 is 5.97 Å². The number of fused-ring (bicyclic) bond motifs is 1. The summed E-state index contributed by atoms with van der Waals surface area (Å²) in [7, 11) is 3.31. The summed E-state index contributed by atoms with van der Waals surface area (Å²) in [5.41, 5.74) is 2.32. The van der Waals surface area contributed by atoms with Gasteiger partial charge in [0.15, 0.2) is 5.69 Å². The van der Waals surface area contributed by atoms with E-state index in [1.165, 1.54) is 0 Å². The summed E-state index contributed by atoms with van der Waals surface area (Å²) < 4.78 is 6.87. The lowest BCUT2D eigenvalue weighted by Gasteiger charge is -2.09. The van der Waals surface area contributed by atoms with E-state index in [1.807, 2.05) is 24.3 Å². The molecule has 2 aromatic heterocycles. The van der Waals surface area contributed by atoms with Crippen molar-refractivity contribution in [2.75, 3.05) is 7.11 Å². The molecule has 3 aromatic rings. The molecular formula is C15H13N3O3. The van der Waals surface area contributed by atoms with Gasteiger partial charge in [0.2, 0.25) is 0 Å². The van der Waals surface area contributed by atoms with Crippen molar-refractivity contribution < 1.29 is 14.6 Å². The average molecular weight is 283 g/mol. The van der Waals surface area contributed by atoms with Gasteiger partial charge in [-0.2, -0.15) is 5.10 Å². The summed E-state index contributed by atoms with van der Waals surface area (Å²) >= 11 is 0. The maximum absolute atomic E-state index is 11.1. The van der Waals surface area contributed by atoms with Gasteiger partial charge in [-0.05, 0) is 24.3 Å². The minimum Gasteiger partial charge on any atom is -0.494 e. The molecule has 0 fully saturated rings. The molecule has 0 spiro atoms. The molecule has 0 aliphatic heterocycles. The van der Waals surface area contributed by atoms with Crippen LogP contribution in [0.4, 0.5) is 0 Å². The molecule has 1 aromatic carbocycles. The molecule has 0 saturated heterocycles. The lowest BCUT2D eigenvalue weighted by Crippen LogP contribution is -1.99. The number of ether oxygens (including phenoxy) is 1. The third-order valence-electron chi connectivity index (χ3n) is 3.33. The highest BCUT2D eigenvalue weighted by Gasteiger charge is 2.16. The van der Waals surface area contributed by atoms with Crippen LogP contribution in [0.1, 0.15) is 10.5 Å². The smallest absolute Gasteiger partial charge is 0.356 e. The molecule has 1 N–H and O–H groups in total. The maximum Gasteiger partial charge on any atom is 0.356 e. The molecule has 106 valence electrons. The molecule has 0 aliphatic rings. The second-order valence-electron chi connectivity index (χ2n) is 4.56. The molecule has 0 aliphatic carbocycles. The topological polar surface area (TPSA) is 77.2 Å². The first-order chi connectivity index (χ1) is 10.1. The van der Waals surface area contributed by atoms with Crippen molar-refractivity contribution in [1.29, 1.82) is 0 Å². The molecule has 0 amide bonds. The van der Waals surface area contributed by atoms with E-state index in [0.29, 0.717) is 11.4 Å². The Morgan fingerprint density at radius 3 is 2.81 bits per heavy atom. The van der Waals surface area contributed by atoms with Crippen LogP contribution in [0.2, 0.25) is 0 Å². The van der Waals surface area contributed by atoms with Gasteiger partial charge in [-0.15, -0.1) is 0 Å². The summed E-state index contributed by atoms with van der Waals surface area (Å²) in [4.78, 5) is 15.4. The monoisotopic (exact) mass is 283 g/mol. The van der Waals surface area contributed by atoms with Gasteiger partial charge >= 0.3 is 5.97 Å². The Labute approximate surface area is 120 Å². The number of carboxylic acids is 1. The Morgan fingerprint density at radius 1 is 1.33 bits per heavy atom. The van der Waals surface area contributed by atoms with Crippen LogP contribution < -0.4 is 4.74 Å². The van der Waals surface area contributed by atoms with E-state index >= 15 is 0 Å². The predicted molar refractivity (Wildman–Crippen MR) is 77.5 cm³/mol. The third-order valence-corrected chi connectivity index (χ3v) is 3.33. The van der Waals surface area contributed by atoms with Crippen LogP contribution in [0.3, 0.4) is 0 Å². The second kappa shape index (κ2) is 4.90. The van der Waals surface area contributed by atoms with E-state index in [9.17, 15) is 4.79 Å². The molecule has 0 radical (unpaired) electrons. The summed E-state index contributed by atoms with van der Waals surface area (Å²) in [6, 6.07) is 9.01. The number of nitrogens with zero attached hydrogens (tertiary/aromatic N) is 3. The summed E-state index contributed by atoms with van der Waals surface area (Å²) in [5.74, 6) is -0.372. The van der Waals surface area contributed by atoms with Crippen LogP contribution in [-0.4, -0.2) is 33.0 Å². The minimum absolute atomic E-state index is 0.0142. The normalized spacial score (nSPS) is 10.8. The Hall–Kier alpha value is -2.89. The van der Waals surface area contributed by atoms with Crippen molar-refractivity contribution in [2.45, 2.75) is 0 Å². The van der Waals surface area contributed by atoms with Crippen LogP contribution in [-0.2, 0) is 7.05 Å². The highest BCUT2D eigenvalue weighted by Crippen LogP contribution is 2.33. The lowest BCUT2D eigenvalue weighted by atomic mass is 10.0. The predicted octanol–water partition coefficient (Wildman–Crippen LogP) is 2.34. The molecule has 6 nitrogen and oxygen atoms in total. The van der Waals surface area contributed by atoms with Gasteiger partial charge < -0.3 is 9.84 Å². The number of aryl methyl sites for hydroxylation is 1. The van der Waals surface area contributed by atoms with Crippen LogP contribution in [0.5, 0.6) is 5.75 Å². The molecule has 0 saturated carbocycles. The molecular weight excluding hydrogens is 270 g/mol. The molecule has 0 atom stereocenters. The zero-order valence-electron chi connectivity index (χ0n) is 11.6. The zero-order chi connectivity index (χ0) is 15.0. The van der Waals surface area contributed by atoms with Crippen molar-refractivity contribution in [3.05, 3.63) is 42.2 Å². The highest BCUT2D eigenvalue weighted by molar-refractivity contribution is 5.98. The molecule has 3 rings (SSSR count). The number of hydrogen-bond acceptors (Lipinski definition) is 4. The zero-order valence-corrected chi connectivity index (χ0v) is 11.6. The first kappa shape index (κ1) is 13.1. The van der Waals surface area contributed by atoms with Gasteiger partial charge in [0, 0.05) is 24.2 Å². The number of hydrogen-bond donors (Lipinski definition) is 1. The van der Waals surface area contributed by atoms with E-state index in [0.717, 1.165) is 16.5 Å². The third kappa shape index (κ3) is 2.10. The number of carbonyl (C=O) groups is 1. The largest absolute Gasteiger partial charge is 0.494 e. The van der Waals surface area contributed by atoms with E-state index in [-0.39, 0.29) is 5.69 Å². The van der Waals surface area contributed by atoms with E-state index in [4.69, 9.17) is 9.84 Å². The Balaban J connectivity index is 2.28. The van der Waals surface area contributed by atoms with E-state index in [1.54, 1.807) is 31.1 Å². The number of pyridine rings is 1. The number of benzene rings is 1. The van der Waals surface area contributed by atoms with Crippen LogP contribution in [0.15, 0.2) is 36.5 Å².